The van der Waals surface area contributed by atoms with Gasteiger partial charge in [0, 0.05) is 6.42 Å². The minimum absolute atomic E-state index is 0.0338. The van der Waals surface area contributed by atoms with Gasteiger partial charge in [0.15, 0.2) is 12.6 Å². The Labute approximate surface area is 114 Å². The molecule has 2 aliphatic rings. The molecule has 0 radical (unpaired) electrons. The number of ether oxygens (including phenoxy) is 3. The number of aliphatic hydroxyl groups is 6. The van der Waals surface area contributed by atoms with E-state index in [1.807, 2.05) is 0 Å². The Balaban J connectivity index is 2.01. The van der Waals surface area contributed by atoms with E-state index in [-0.39, 0.29) is 13.0 Å². The molecule has 2 saturated heterocycles. The summed E-state index contributed by atoms with van der Waals surface area (Å²) in [7, 11) is 0. The maximum absolute atomic E-state index is 9.92. The Morgan fingerprint density at radius 1 is 1.05 bits per heavy atom. The first-order chi connectivity index (χ1) is 9.43. The minimum atomic E-state index is -1.63. The highest BCUT2D eigenvalue weighted by Gasteiger charge is 2.46. The van der Waals surface area contributed by atoms with Crippen LogP contribution in [0.3, 0.4) is 0 Å². The Morgan fingerprint density at radius 3 is 2.35 bits per heavy atom. The van der Waals surface area contributed by atoms with Gasteiger partial charge in [0.2, 0.25) is 0 Å². The number of hydrogen-bond donors (Lipinski definition) is 6. The summed E-state index contributed by atoms with van der Waals surface area (Å²) in [6.07, 6.45) is -10.1. The third kappa shape index (κ3) is 3.27. The zero-order valence-electron chi connectivity index (χ0n) is 10.6. The standard InChI is InChI=1S/C11H20O9/c12-2-6-7(15)9(8(16)10(17)19-6)20-11-5(14)1-4(13)3-18-11/h4-17H,1-3H2/t4-,5?,6?,7-,8?,9-,10?,11-/m0/s1. The molecule has 0 aliphatic carbocycles. The van der Waals surface area contributed by atoms with Gasteiger partial charge < -0.3 is 44.8 Å². The highest BCUT2D eigenvalue weighted by atomic mass is 16.7. The maximum Gasteiger partial charge on any atom is 0.184 e. The highest BCUT2D eigenvalue weighted by molar-refractivity contribution is 4.90. The number of hydrogen-bond acceptors (Lipinski definition) is 9. The van der Waals surface area contributed by atoms with Crippen LogP contribution < -0.4 is 0 Å². The Morgan fingerprint density at radius 2 is 1.75 bits per heavy atom. The molecule has 0 spiro atoms. The molecule has 9 nitrogen and oxygen atoms in total. The molecule has 2 heterocycles. The van der Waals surface area contributed by atoms with Gasteiger partial charge in [0.05, 0.1) is 19.3 Å². The molecule has 20 heavy (non-hydrogen) atoms. The molecule has 2 rings (SSSR count). The van der Waals surface area contributed by atoms with Gasteiger partial charge in [-0.3, -0.25) is 0 Å². The monoisotopic (exact) mass is 296 g/mol. The molecule has 0 aromatic rings. The third-order valence-corrected chi connectivity index (χ3v) is 3.41. The topological polar surface area (TPSA) is 149 Å². The van der Waals surface area contributed by atoms with E-state index in [2.05, 4.69) is 0 Å². The average Bonchev–Trinajstić information content (AvgIpc) is 2.41. The zero-order valence-corrected chi connectivity index (χ0v) is 10.6. The highest BCUT2D eigenvalue weighted by Crippen LogP contribution is 2.26. The molecule has 6 N–H and O–H groups in total. The van der Waals surface area contributed by atoms with Crippen LogP contribution in [-0.4, -0.2) is 93.1 Å². The molecule has 0 bridgehead atoms. The van der Waals surface area contributed by atoms with Crippen molar-refractivity contribution in [2.45, 2.75) is 55.6 Å². The quantitative estimate of drug-likeness (QED) is 0.309. The van der Waals surface area contributed by atoms with Crippen molar-refractivity contribution < 1.29 is 44.8 Å². The lowest BCUT2D eigenvalue weighted by Gasteiger charge is -2.42. The summed E-state index contributed by atoms with van der Waals surface area (Å²) in [6.45, 7) is -0.624. The van der Waals surface area contributed by atoms with Gasteiger partial charge in [0.1, 0.15) is 30.5 Å². The summed E-state index contributed by atoms with van der Waals surface area (Å²) < 4.78 is 15.2. The first-order valence-corrected chi connectivity index (χ1v) is 6.37. The molecule has 4 unspecified atom stereocenters. The van der Waals surface area contributed by atoms with E-state index in [0.717, 1.165) is 0 Å². The van der Waals surface area contributed by atoms with Gasteiger partial charge in [-0.1, -0.05) is 0 Å². The summed E-state index contributed by atoms with van der Waals surface area (Å²) in [4.78, 5) is 0. The SMILES string of the molecule is OCC1OC(O)C(O)[C@@H](O[C@@H]2OC[C@@H](O)CC2O)[C@H]1O. The fourth-order valence-electron chi connectivity index (χ4n) is 2.29. The molecule has 118 valence electrons. The summed E-state index contributed by atoms with van der Waals surface area (Å²) in [5.74, 6) is 0. The maximum atomic E-state index is 9.92. The fourth-order valence-corrected chi connectivity index (χ4v) is 2.29. The Hall–Kier alpha value is -0.360. The number of aliphatic hydroxyl groups excluding tert-OH is 6. The second-order valence-electron chi connectivity index (χ2n) is 4.99. The van der Waals surface area contributed by atoms with E-state index in [1.165, 1.54) is 0 Å². The van der Waals surface area contributed by atoms with Crippen LogP contribution in [0.5, 0.6) is 0 Å². The van der Waals surface area contributed by atoms with Crippen LogP contribution in [0, 0.1) is 0 Å². The fraction of sp³-hybridized carbons (Fsp3) is 1.00. The van der Waals surface area contributed by atoms with E-state index in [9.17, 15) is 25.5 Å². The van der Waals surface area contributed by atoms with Crippen molar-refractivity contribution in [2.24, 2.45) is 0 Å². The van der Waals surface area contributed by atoms with E-state index in [0.29, 0.717) is 0 Å². The van der Waals surface area contributed by atoms with Crippen molar-refractivity contribution in [2.75, 3.05) is 13.2 Å². The molecule has 0 amide bonds. The Bertz CT molecular complexity index is 314. The van der Waals surface area contributed by atoms with Gasteiger partial charge in [0.25, 0.3) is 0 Å². The molecule has 2 aliphatic heterocycles. The number of rotatable bonds is 3. The molecule has 0 saturated carbocycles. The average molecular weight is 296 g/mol. The van der Waals surface area contributed by atoms with Crippen LogP contribution in [-0.2, 0) is 14.2 Å². The van der Waals surface area contributed by atoms with Crippen molar-refractivity contribution in [3.05, 3.63) is 0 Å². The second-order valence-corrected chi connectivity index (χ2v) is 4.99. The van der Waals surface area contributed by atoms with Crippen LogP contribution in [0.15, 0.2) is 0 Å². The first-order valence-electron chi connectivity index (χ1n) is 6.37. The van der Waals surface area contributed by atoms with Crippen molar-refractivity contribution >= 4 is 0 Å². The lowest BCUT2D eigenvalue weighted by atomic mass is 9.98. The van der Waals surface area contributed by atoms with Crippen LogP contribution in [0.2, 0.25) is 0 Å². The zero-order chi connectivity index (χ0) is 14.9. The first kappa shape index (κ1) is 16.0. The second kappa shape index (κ2) is 6.60. The van der Waals surface area contributed by atoms with E-state index < -0.39 is 55.8 Å². The Kier molecular flexibility index (Phi) is 5.29. The molecule has 0 aromatic carbocycles. The molecule has 8 atom stereocenters. The smallest absolute Gasteiger partial charge is 0.184 e. The molecule has 0 aromatic heterocycles. The molecular weight excluding hydrogens is 276 g/mol. The summed E-state index contributed by atoms with van der Waals surface area (Å²) >= 11 is 0. The van der Waals surface area contributed by atoms with E-state index in [4.69, 9.17) is 19.3 Å². The lowest BCUT2D eigenvalue weighted by Crippen LogP contribution is -2.61. The summed E-state index contributed by atoms with van der Waals surface area (Å²) in [5, 5.41) is 57.2. The van der Waals surface area contributed by atoms with Gasteiger partial charge >= 0.3 is 0 Å². The predicted molar refractivity (Wildman–Crippen MR) is 61.2 cm³/mol. The van der Waals surface area contributed by atoms with Crippen LogP contribution in [0.25, 0.3) is 0 Å². The van der Waals surface area contributed by atoms with Crippen molar-refractivity contribution in [3.63, 3.8) is 0 Å². The van der Waals surface area contributed by atoms with Gasteiger partial charge in [-0.2, -0.15) is 0 Å². The minimum Gasteiger partial charge on any atom is -0.394 e. The summed E-state index contributed by atoms with van der Waals surface area (Å²) in [5.41, 5.74) is 0. The van der Waals surface area contributed by atoms with E-state index in [1.54, 1.807) is 0 Å². The molecule has 2 fully saturated rings. The lowest BCUT2D eigenvalue weighted by molar-refractivity contribution is -0.334. The van der Waals surface area contributed by atoms with Crippen LogP contribution >= 0.6 is 0 Å². The van der Waals surface area contributed by atoms with Crippen LogP contribution in [0.1, 0.15) is 6.42 Å². The van der Waals surface area contributed by atoms with Crippen molar-refractivity contribution in [3.8, 4) is 0 Å². The third-order valence-electron chi connectivity index (χ3n) is 3.41. The predicted octanol–water partition coefficient (Wildman–Crippen LogP) is -3.73. The molecular formula is C11H20O9. The van der Waals surface area contributed by atoms with Crippen molar-refractivity contribution in [1.29, 1.82) is 0 Å². The summed E-state index contributed by atoms with van der Waals surface area (Å²) in [6, 6.07) is 0. The van der Waals surface area contributed by atoms with Gasteiger partial charge in [-0.25, -0.2) is 0 Å². The van der Waals surface area contributed by atoms with Crippen molar-refractivity contribution in [1.82, 2.24) is 0 Å². The molecule has 9 heteroatoms. The largest absolute Gasteiger partial charge is 0.394 e. The van der Waals surface area contributed by atoms with E-state index >= 15 is 0 Å². The van der Waals surface area contributed by atoms with Gasteiger partial charge in [-0.15, -0.1) is 0 Å². The van der Waals surface area contributed by atoms with Crippen LogP contribution in [0.4, 0.5) is 0 Å². The normalized spacial score (nSPS) is 50.1. The van der Waals surface area contributed by atoms with Gasteiger partial charge in [-0.05, 0) is 0 Å².